The third kappa shape index (κ3) is 5.15. The molecule has 8 nitrogen and oxygen atoms in total. The highest BCUT2D eigenvalue weighted by Crippen LogP contribution is 2.29. The number of para-hydroxylation sites is 1. The van der Waals surface area contributed by atoms with Crippen LogP contribution in [0.25, 0.3) is 27.8 Å². The molecule has 2 aromatic carbocycles. The summed E-state index contributed by atoms with van der Waals surface area (Å²) in [5.41, 5.74) is 1.51. The first-order valence-electron chi connectivity index (χ1n) is 10.5. The largest absolute Gasteiger partial charge is 0.452 e. The van der Waals surface area contributed by atoms with E-state index in [-0.39, 0.29) is 17.5 Å². The first-order chi connectivity index (χ1) is 17.1. The number of ether oxygens (including phenoxy) is 1. The van der Waals surface area contributed by atoms with E-state index in [2.05, 4.69) is 20.4 Å². The highest BCUT2D eigenvalue weighted by Gasteiger charge is 2.21. The van der Waals surface area contributed by atoms with Gasteiger partial charge in [-0.3, -0.25) is 9.36 Å². The molecule has 1 atom stereocenters. The third-order valence-electron chi connectivity index (χ3n) is 4.90. The van der Waals surface area contributed by atoms with Gasteiger partial charge < -0.3 is 9.15 Å². The number of aromatic nitrogens is 5. The molecule has 176 valence electrons. The highest BCUT2D eigenvalue weighted by molar-refractivity contribution is 7.99. The van der Waals surface area contributed by atoms with Crippen LogP contribution in [0, 0.1) is 5.82 Å². The van der Waals surface area contributed by atoms with Gasteiger partial charge in [0.15, 0.2) is 17.1 Å². The van der Waals surface area contributed by atoms with E-state index < -0.39 is 12.1 Å². The van der Waals surface area contributed by atoms with Gasteiger partial charge in [-0.2, -0.15) is 0 Å². The van der Waals surface area contributed by atoms with Crippen molar-refractivity contribution in [3.63, 3.8) is 0 Å². The molecule has 0 amide bonds. The molecular weight excluding hydrogens is 489 g/mol. The summed E-state index contributed by atoms with van der Waals surface area (Å²) in [5.74, 6) is 0.325. The maximum Gasteiger partial charge on any atom is 0.317 e. The van der Waals surface area contributed by atoms with E-state index >= 15 is 0 Å². The fourth-order valence-electron chi connectivity index (χ4n) is 3.26. The van der Waals surface area contributed by atoms with Crippen LogP contribution in [0.15, 0.2) is 81.7 Å². The molecule has 0 aliphatic heterocycles. The van der Waals surface area contributed by atoms with Crippen LogP contribution in [0.5, 0.6) is 0 Å². The Balaban J connectivity index is 1.30. The number of halogens is 1. The van der Waals surface area contributed by atoms with Crippen LogP contribution in [0.3, 0.4) is 0 Å². The Morgan fingerprint density at radius 1 is 1.06 bits per heavy atom. The molecule has 35 heavy (non-hydrogen) atoms. The predicted octanol–water partition coefficient (Wildman–Crippen LogP) is 5.58. The lowest BCUT2D eigenvalue weighted by molar-refractivity contribution is -0.146. The van der Waals surface area contributed by atoms with E-state index in [0.29, 0.717) is 22.4 Å². The van der Waals surface area contributed by atoms with Crippen LogP contribution < -0.4 is 0 Å². The van der Waals surface area contributed by atoms with Crippen molar-refractivity contribution < 1.29 is 18.3 Å². The second-order valence-electron chi connectivity index (χ2n) is 7.33. The quantitative estimate of drug-likeness (QED) is 0.198. The van der Waals surface area contributed by atoms with Crippen molar-refractivity contribution >= 4 is 29.1 Å². The molecule has 11 heteroatoms. The minimum atomic E-state index is -0.703. The maximum atomic E-state index is 13.4. The van der Waals surface area contributed by atoms with Crippen molar-refractivity contribution in [1.29, 1.82) is 0 Å². The zero-order chi connectivity index (χ0) is 24.2. The second-order valence-corrected chi connectivity index (χ2v) is 9.22. The predicted molar refractivity (Wildman–Crippen MR) is 130 cm³/mol. The Labute approximate surface area is 207 Å². The van der Waals surface area contributed by atoms with Crippen LogP contribution >= 0.6 is 23.1 Å². The third-order valence-corrected chi connectivity index (χ3v) is 6.66. The Kier molecular flexibility index (Phi) is 6.68. The fraction of sp³-hybridized carbons (Fsp3) is 0.125. The van der Waals surface area contributed by atoms with Crippen molar-refractivity contribution in [2.45, 2.75) is 18.2 Å². The SMILES string of the molecule is CC(OC(=O)CSc1nnc(-c2ccc(F)cc2)n1-c1ccccc1)c1nnc(-c2cccs2)o1. The number of carbonyl (C=O) groups is 1. The molecular formula is C24H18FN5O3S2. The Hall–Kier alpha value is -3.83. The molecule has 0 bridgehead atoms. The standard InChI is InChI=1S/C24H18FN5O3S2/c1-15(22-27-28-23(33-22)19-8-5-13-34-19)32-20(31)14-35-24-29-26-21(16-9-11-17(25)12-10-16)30(24)18-6-3-2-4-7-18/h2-13,15H,14H2,1H3. The highest BCUT2D eigenvalue weighted by atomic mass is 32.2. The Morgan fingerprint density at radius 3 is 2.60 bits per heavy atom. The van der Waals surface area contributed by atoms with Gasteiger partial charge in [0.2, 0.25) is 0 Å². The monoisotopic (exact) mass is 507 g/mol. The summed E-state index contributed by atoms with van der Waals surface area (Å²) in [6.07, 6.45) is -0.703. The number of rotatable bonds is 8. The summed E-state index contributed by atoms with van der Waals surface area (Å²) >= 11 is 2.66. The molecule has 1 unspecified atom stereocenters. The van der Waals surface area contributed by atoms with E-state index in [1.54, 1.807) is 19.1 Å². The number of benzene rings is 2. The van der Waals surface area contributed by atoms with Gasteiger partial charge in [-0.1, -0.05) is 36.0 Å². The topological polar surface area (TPSA) is 95.9 Å². The van der Waals surface area contributed by atoms with E-state index in [1.807, 2.05) is 52.4 Å². The number of hydrogen-bond donors (Lipinski definition) is 0. The molecule has 3 aromatic heterocycles. The summed E-state index contributed by atoms with van der Waals surface area (Å²) in [5, 5.41) is 19.0. The lowest BCUT2D eigenvalue weighted by Gasteiger charge is -2.11. The van der Waals surface area contributed by atoms with E-state index in [0.717, 1.165) is 10.6 Å². The average Bonchev–Trinajstić information content (AvgIpc) is 3.64. The van der Waals surface area contributed by atoms with Crippen molar-refractivity contribution in [2.24, 2.45) is 0 Å². The van der Waals surface area contributed by atoms with Gasteiger partial charge in [-0.25, -0.2) is 4.39 Å². The lowest BCUT2D eigenvalue weighted by Crippen LogP contribution is -2.12. The number of hydrogen-bond acceptors (Lipinski definition) is 9. The summed E-state index contributed by atoms with van der Waals surface area (Å²) in [6.45, 7) is 1.67. The smallest absolute Gasteiger partial charge is 0.317 e. The van der Waals surface area contributed by atoms with Crippen molar-refractivity contribution in [3.05, 3.63) is 83.8 Å². The van der Waals surface area contributed by atoms with Crippen LogP contribution in [-0.2, 0) is 9.53 Å². The van der Waals surface area contributed by atoms with Gasteiger partial charge in [0.05, 0.1) is 10.6 Å². The van der Waals surface area contributed by atoms with Gasteiger partial charge in [0, 0.05) is 11.3 Å². The van der Waals surface area contributed by atoms with Gasteiger partial charge in [0.25, 0.3) is 11.8 Å². The molecule has 0 saturated carbocycles. The molecule has 0 saturated heterocycles. The van der Waals surface area contributed by atoms with Crippen LogP contribution in [-0.4, -0.2) is 36.7 Å². The number of thioether (sulfide) groups is 1. The fourth-order valence-corrected chi connectivity index (χ4v) is 4.64. The molecule has 0 aliphatic carbocycles. The van der Waals surface area contributed by atoms with Crippen LogP contribution in [0.1, 0.15) is 18.9 Å². The molecule has 0 radical (unpaired) electrons. The minimum Gasteiger partial charge on any atom is -0.452 e. The van der Waals surface area contributed by atoms with Gasteiger partial charge in [-0.15, -0.1) is 31.7 Å². The van der Waals surface area contributed by atoms with Gasteiger partial charge in [-0.05, 0) is 54.8 Å². The first kappa shape index (κ1) is 22.9. The maximum absolute atomic E-state index is 13.4. The first-order valence-corrected chi connectivity index (χ1v) is 12.4. The molecule has 3 heterocycles. The van der Waals surface area contributed by atoms with Gasteiger partial charge >= 0.3 is 5.97 Å². The lowest BCUT2D eigenvalue weighted by atomic mass is 10.2. The van der Waals surface area contributed by atoms with E-state index in [4.69, 9.17) is 9.15 Å². The Bertz CT molecular complexity index is 1420. The zero-order valence-electron chi connectivity index (χ0n) is 18.4. The number of nitrogens with zero attached hydrogens (tertiary/aromatic N) is 5. The van der Waals surface area contributed by atoms with Gasteiger partial charge in [0.1, 0.15) is 5.82 Å². The summed E-state index contributed by atoms with van der Waals surface area (Å²) in [4.78, 5) is 13.4. The number of thiophene rings is 1. The molecule has 0 fully saturated rings. The summed E-state index contributed by atoms with van der Waals surface area (Å²) < 4.78 is 26.4. The minimum absolute atomic E-state index is 0.00928. The summed E-state index contributed by atoms with van der Waals surface area (Å²) in [7, 11) is 0. The van der Waals surface area contributed by atoms with Crippen LogP contribution in [0.4, 0.5) is 4.39 Å². The number of esters is 1. The summed E-state index contributed by atoms with van der Waals surface area (Å²) in [6, 6.07) is 19.3. The van der Waals surface area contributed by atoms with Crippen LogP contribution in [0.2, 0.25) is 0 Å². The van der Waals surface area contributed by atoms with E-state index in [1.165, 1.54) is 35.2 Å². The van der Waals surface area contributed by atoms with Crippen molar-refractivity contribution in [1.82, 2.24) is 25.0 Å². The van der Waals surface area contributed by atoms with Crippen molar-refractivity contribution in [3.8, 4) is 27.8 Å². The molecule has 0 spiro atoms. The number of carbonyl (C=O) groups excluding carboxylic acids is 1. The Morgan fingerprint density at radius 2 is 1.86 bits per heavy atom. The second kappa shape index (κ2) is 10.2. The average molecular weight is 508 g/mol. The van der Waals surface area contributed by atoms with E-state index in [9.17, 15) is 9.18 Å². The van der Waals surface area contributed by atoms with Crippen molar-refractivity contribution in [2.75, 3.05) is 5.75 Å². The molecule has 0 N–H and O–H groups in total. The molecule has 5 rings (SSSR count). The normalized spacial score (nSPS) is 11.9. The zero-order valence-corrected chi connectivity index (χ0v) is 20.0. The molecule has 0 aliphatic rings. The molecule has 5 aromatic rings.